The molecule has 0 bridgehead atoms. The molecule has 1 amide bonds. The van der Waals surface area contributed by atoms with E-state index in [1.54, 1.807) is 54.6 Å². The molecule has 7 rings (SSSR count). The van der Waals surface area contributed by atoms with Gasteiger partial charge in [-0.05, 0) is 76.6 Å². The van der Waals surface area contributed by atoms with E-state index in [0.29, 0.717) is 29.7 Å². The number of alkyl halides is 2. The van der Waals surface area contributed by atoms with Gasteiger partial charge in [0.1, 0.15) is 37.4 Å². The Kier molecular flexibility index (Phi) is 35.5. The molecule has 0 aliphatic rings. The first-order valence-electron chi connectivity index (χ1n) is 28.3. The van der Waals surface area contributed by atoms with E-state index in [2.05, 4.69) is 159 Å². The number of rotatable bonds is 5. The van der Waals surface area contributed by atoms with Crippen molar-refractivity contribution < 1.29 is 74.2 Å². The average molecular weight is 1310 g/mol. The summed E-state index contributed by atoms with van der Waals surface area (Å²) >= 11 is 0. The number of pyridine rings is 5. The van der Waals surface area contributed by atoms with Crippen LogP contribution in [0.3, 0.4) is 0 Å². The largest absolute Gasteiger partial charge is 0.508 e. The van der Waals surface area contributed by atoms with Gasteiger partial charge >= 0.3 is 0 Å². The molecule has 7 aromatic rings. The van der Waals surface area contributed by atoms with Gasteiger partial charge in [-0.2, -0.15) is 15.3 Å². The van der Waals surface area contributed by atoms with Crippen LogP contribution in [-0.2, 0) is 76.4 Å². The maximum atomic E-state index is 13.7. The van der Waals surface area contributed by atoms with Crippen LogP contribution in [0.25, 0.3) is 0 Å². The number of nitriles is 2. The topological polar surface area (TPSA) is 166 Å². The zero-order valence-electron chi connectivity index (χ0n) is 55.3. The Morgan fingerprint density at radius 1 is 0.607 bits per heavy atom. The Hall–Kier alpha value is -7.21. The number of hydrogen-bond acceptors (Lipinski definition) is 9. The Morgan fingerprint density at radius 3 is 1.47 bits per heavy atom. The summed E-state index contributed by atoms with van der Waals surface area (Å²) < 4.78 is 67.2. The van der Waals surface area contributed by atoms with Gasteiger partial charge in [0.2, 0.25) is 11.9 Å². The standard InChI is InChI=1S/C12H12F3N4O2.C10H13F.C10H12N2.C10H16NO.C10H14.C9H12FN.C9H13N.CH4.Y/c1-12(14,15)6-18-11-8(13)3-7(5-16)9(19(11)21)4-10(20)17-2;1-10(2,3)8-6-4-5-7-9(8)11;1-10(2,3)9-8(7-11)5-4-6-12-9;1-10(2,3)9-7-5-6-8-11(9)12-4;1-10(2,3)9-7-5-4-6-8-9;1-9(2,3)8-7(10)5-4-6-11-8;1-9(2,3)8-6-4-5-7-10-8;;/h3,21H,2,4,6H2,1H3,(H,17,20);4-7H,1-3H3;4-6H,1-3H3;5-8H,1-4H3;4-8H,1-3H3;4-6H,1-3H3;4-7H,1-3H3;1H4;/q-1;;;+1;;;;;. The minimum Gasteiger partial charge on any atom is -0.508 e. The third-order valence-electron chi connectivity index (χ3n) is 12.1. The fraction of sp³-hybridized carbons (Fsp3) is 0.423. The van der Waals surface area contributed by atoms with Gasteiger partial charge in [-0.1, -0.05) is 187 Å². The van der Waals surface area contributed by atoms with E-state index >= 15 is 0 Å². The van der Waals surface area contributed by atoms with Gasteiger partial charge in [-0.25, -0.2) is 22.0 Å². The third kappa shape index (κ3) is 31.2. The fourth-order valence-electron chi connectivity index (χ4n) is 7.47. The quantitative estimate of drug-likeness (QED) is 0.0744. The Labute approximate surface area is 553 Å². The molecule has 0 aliphatic heterocycles. The molecule has 0 aliphatic carbocycles. The number of aromatic nitrogens is 5. The summed E-state index contributed by atoms with van der Waals surface area (Å²) in [6, 6.07) is 40.6. The second-order valence-electron chi connectivity index (χ2n) is 26.3. The molecule has 2 N–H and O–H groups in total. The molecule has 18 heteroatoms. The second kappa shape index (κ2) is 37.7. The fourth-order valence-corrected chi connectivity index (χ4v) is 7.47. The van der Waals surface area contributed by atoms with E-state index in [-0.39, 0.29) is 94.8 Å². The molecule has 1 radical (unpaired) electrons. The van der Waals surface area contributed by atoms with Gasteiger partial charge in [0.15, 0.2) is 17.2 Å². The summed E-state index contributed by atoms with van der Waals surface area (Å²) in [6.07, 6.45) is 6.60. The number of carbonyl (C=O) groups excluding carboxylic acids is 1. The van der Waals surface area contributed by atoms with Gasteiger partial charge < -0.3 is 10.5 Å². The van der Waals surface area contributed by atoms with Gasteiger partial charge in [0.25, 0.3) is 5.92 Å². The van der Waals surface area contributed by atoms with E-state index in [0.717, 1.165) is 17.0 Å². The van der Waals surface area contributed by atoms with Crippen molar-refractivity contribution >= 4 is 5.91 Å². The SMILES string of the molecule is C.CC(C)(C)c1ccccc1.CC(C)(C)c1ccccc1F.CC(C)(C)c1ccccn1.CC(C)(C)c1ncccc1C#N.CC(C)(C)c1ncccc1F.CO[n+]1ccccc1C(C)(C)C.[CH2-]NC(=O)Cc1c(C#N)cc(F)c(=NCC(C)(F)F)n1O.[Y]. The minimum absolute atomic E-state index is 0. The van der Waals surface area contributed by atoms with Crippen LogP contribution in [0.5, 0.6) is 0 Å². The van der Waals surface area contributed by atoms with Crippen LogP contribution in [0.2, 0.25) is 0 Å². The Balaban J connectivity index is 0. The molecule has 0 unspecified atom stereocenters. The molecule has 5 heterocycles. The molecule has 0 atom stereocenters. The second-order valence-corrected chi connectivity index (χ2v) is 26.3. The van der Waals surface area contributed by atoms with Crippen LogP contribution in [-0.4, -0.2) is 50.4 Å². The van der Waals surface area contributed by atoms with Crippen LogP contribution in [0, 0.1) is 47.2 Å². The molecule has 12 nitrogen and oxygen atoms in total. The van der Waals surface area contributed by atoms with Crippen molar-refractivity contribution in [2.24, 2.45) is 4.99 Å². The molecule has 0 saturated carbocycles. The number of nitrogens with zero attached hydrogens (tertiary/aromatic N) is 8. The number of benzene rings is 2. The molecule has 0 spiro atoms. The third-order valence-corrected chi connectivity index (χ3v) is 12.1. The Bertz CT molecular complexity index is 3270. The van der Waals surface area contributed by atoms with Crippen molar-refractivity contribution in [2.45, 2.75) is 184 Å². The molecule has 2 aromatic carbocycles. The van der Waals surface area contributed by atoms with Crippen molar-refractivity contribution in [2.75, 3.05) is 13.7 Å². The average Bonchev–Trinajstić information content (AvgIpc) is 3.21. The van der Waals surface area contributed by atoms with Crippen molar-refractivity contribution in [1.29, 1.82) is 10.5 Å². The van der Waals surface area contributed by atoms with Crippen molar-refractivity contribution in [3.8, 4) is 12.1 Å². The summed E-state index contributed by atoms with van der Waals surface area (Å²) in [6.45, 7) is 37.2. The number of nitrogens with one attached hydrogen (secondary N) is 1. The molecule has 89 heavy (non-hydrogen) atoms. The summed E-state index contributed by atoms with van der Waals surface area (Å²) in [5.74, 6) is -5.34. The summed E-state index contributed by atoms with van der Waals surface area (Å²) in [7, 11) is 4.78. The van der Waals surface area contributed by atoms with E-state index in [4.69, 9.17) is 15.4 Å². The number of amides is 1. The normalized spacial score (nSPS) is 11.3. The van der Waals surface area contributed by atoms with Crippen LogP contribution in [0.15, 0.2) is 151 Å². The monoisotopic (exact) mass is 1310 g/mol. The van der Waals surface area contributed by atoms with E-state index in [1.165, 1.54) is 23.4 Å². The van der Waals surface area contributed by atoms with Crippen molar-refractivity contribution in [3.63, 3.8) is 0 Å². The van der Waals surface area contributed by atoms with Crippen LogP contribution in [0.4, 0.5) is 22.0 Å². The molecule has 0 saturated heterocycles. The van der Waals surface area contributed by atoms with E-state index in [9.17, 15) is 32.0 Å². The first-order chi connectivity index (χ1) is 40.0. The van der Waals surface area contributed by atoms with E-state index in [1.807, 2.05) is 95.7 Å². The van der Waals surface area contributed by atoms with Gasteiger partial charge in [0.05, 0.1) is 40.0 Å². The zero-order chi connectivity index (χ0) is 66.8. The number of halogens is 5. The van der Waals surface area contributed by atoms with Crippen molar-refractivity contribution in [1.82, 2.24) is 25.0 Å². The summed E-state index contributed by atoms with van der Waals surface area (Å²) in [4.78, 5) is 32.2. The molecule has 481 valence electrons. The van der Waals surface area contributed by atoms with Crippen LogP contribution < -0.4 is 20.4 Å². The van der Waals surface area contributed by atoms with Gasteiger partial charge in [-0.3, -0.25) is 36.6 Å². The number of carbonyl (C=O) groups is 1. The number of hydrogen-bond donors (Lipinski definition) is 2. The zero-order valence-corrected chi connectivity index (χ0v) is 58.1. The molecule has 0 fully saturated rings. The summed E-state index contributed by atoms with van der Waals surface area (Å²) in [5, 5.41) is 29.5. The van der Waals surface area contributed by atoms with Gasteiger partial charge in [0, 0.05) is 97.0 Å². The first-order valence-corrected chi connectivity index (χ1v) is 28.3. The van der Waals surface area contributed by atoms with Gasteiger partial charge in [-0.15, -0.1) is 0 Å². The predicted octanol–water partition coefficient (Wildman–Crippen LogP) is 16.0. The summed E-state index contributed by atoms with van der Waals surface area (Å²) in [5.41, 5.74) is 5.43. The van der Waals surface area contributed by atoms with E-state index < -0.39 is 36.1 Å². The first kappa shape index (κ1) is 83.9. The predicted molar refractivity (Wildman–Crippen MR) is 343 cm³/mol. The molecular formula is C71H96F5N9O3Y. The minimum atomic E-state index is -3.20. The smallest absolute Gasteiger partial charge is 0.264 e. The molecular weight excluding hydrogens is 1210 g/mol. The molecule has 5 aromatic heterocycles. The maximum absolute atomic E-state index is 13.7. The van der Waals surface area contributed by atoms with Crippen LogP contribution in [0.1, 0.15) is 190 Å². The maximum Gasteiger partial charge on any atom is 0.264 e. The Morgan fingerprint density at radius 2 is 1.10 bits per heavy atom. The van der Waals surface area contributed by atoms with Crippen molar-refractivity contribution in [3.05, 3.63) is 227 Å². The van der Waals surface area contributed by atoms with Crippen LogP contribution >= 0.6 is 0 Å².